The Bertz CT molecular complexity index is 620. The lowest BCUT2D eigenvalue weighted by Crippen LogP contribution is -2.41. The van der Waals surface area contributed by atoms with E-state index >= 15 is 0 Å². The molecule has 1 unspecified atom stereocenters. The zero-order valence-corrected chi connectivity index (χ0v) is 17.3. The van der Waals surface area contributed by atoms with Crippen LogP contribution in [0.4, 0.5) is 0 Å². The predicted molar refractivity (Wildman–Crippen MR) is 103 cm³/mol. The van der Waals surface area contributed by atoms with Gasteiger partial charge in [0, 0.05) is 12.3 Å². The van der Waals surface area contributed by atoms with Gasteiger partial charge >= 0.3 is 0 Å². The Morgan fingerprint density at radius 2 is 1.96 bits per heavy atom. The number of nitrogens with zero attached hydrogens (tertiary/aromatic N) is 2. The predicted octanol–water partition coefficient (Wildman–Crippen LogP) is 2.70. The van der Waals surface area contributed by atoms with Gasteiger partial charge < -0.3 is 15.1 Å². The normalized spacial score (nSPS) is 13.3. The van der Waals surface area contributed by atoms with Crippen molar-refractivity contribution >= 4 is 23.5 Å². The lowest BCUT2D eigenvalue weighted by molar-refractivity contribution is -0.117. The van der Waals surface area contributed by atoms with Crippen molar-refractivity contribution in [3.05, 3.63) is 18.0 Å². The molecule has 146 valence electrons. The first kappa shape index (κ1) is 22.4. The maximum Gasteiger partial charge on any atom is 0.286 e. The van der Waals surface area contributed by atoms with Gasteiger partial charge in [0.2, 0.25) is 11.7 Å². The molecular formula is C18H30N4O3S. The van der Waals surface area contributed by atoms with E-state index in [4.69, 9.17) is 4.42 Å². The Balaban J connectivity index is 2.80. The molecule has 0 aliphatic heterocycles. The molecule has 0 bridgehead atoms. The van der Waals surface area contributed by atoms with Gasteiger partial charge in [0.25, 0.3) is 11.1 Å². The number of rotatable bonds is 10. The highest BCUT2D eigenvalue weighted by Crippen LogP contribution is 2.18. The Morgan fingerprint density at radius 1 is 1.27 bits per heavy atom. The summed E-state index contributed by atoms with van der Waals surface area (Å²) in [6.07, 6.45) is 3.77. The van der Waals surface area contributed by atoms with E-state index < -0.39 is 6.04 Å². The van der Waals surface area contributed by atoms with E-state index in [9.17, 15) is 9.59 Å². The van der Waals surface area contributed by atoms with Crippen LogP contribution in [-0.4, -0.2) is 47.3 Å². The minimum atomic E-state index is -0.692. The van der Waals surface area contributed by atoms with E-state index in [0.717, 1.165) is 12.3 Å². The largest absolute Gasteiger partial charge is 0.408 e. The molecule has 0 aliphatic carbocycles. The van der Waals surface area contributed by atoms with Gasteiger partial charge in [-0.25, -0.2) is 0 Å². The molecule has 2 N–H and O–H groups in total. The third-order valence-electron chi connectivity index (χ3n) is 3.27. The number of aromatic nitrogens is 2. The standard InChI is InChI=1S/C18H30N4O3S/c1-12(2)11-13(20-14(23)7-8-18(3,4)5)15(24)16-21-22-17(25-16)26-10-9-19-6/h7-8,12-13,19H,9-11H2,1-6H3,(H,20,23)/b8-7+. The van der Waals surface area contributed by atoms with Crippen molar-refractivity contribution in [1.29, 1.82) is 0 Å². The van der Waals surface area contributed by atoms with Crippen LogP contribution in [0.3, 0.4) is 0 Å². The number of hydrogen-bond acceptors (Lipinski definition) is 7. The maximum absolute atomic E-state index is 12.7. The van der Waals surface area contributed by atoms with Gasteiger partial charge in [0.05, 0.1) is 6.04 Å². The first-order chi connectivity index (χ1) is 12.1. The Morgan fingerprint density at radius 3 is 2.54 bits per heavy atom. The first-order valence-electron chi connectivity index (χ1n) is 8.77. The summed E-state index contributed by atoms with van der Waals surface area (Å²) < 4.78 is 5.44. The second-order valence-electron chi connectivity index (χ2n) is 7.58. The van der Waals surface area contributed by atoms with Crippen molar-refractivity contribution in [3.8, 4) is 0 Å². The molecule has 1 rings (SSSR count). The van der Waals surface area contributed by atoms with Gasteiger partial charge in [0.1, 0.15) is 0 Å². The van der Waals surface area contributed by atoms with E-state index in [1.807, 2.05) is 47.7 Å². The molecule has 0 aromatic carbocycles. The summed E-state index contributed by atoms with van der Waals surface area (Å²) in [4.78, 5) is 24.9. The number of Topliss-reactive ketones (excluding diaryl/α,β-unsaturated/α-hetero) is 1. The van der Waals surface area contributed by atoms with Crippen molar-refractivity contribution in [2.45, 2.75) is 52.3 Å². The van der Waals surface area contributed by atoms with Crippen molar-refractivity contribution in [3.63, 3.8) is 0 Å². The van der Waals surface area contributed by atoms with Gasteiger partial charge in [-0.15, -0.1) is 10.2 Å². The van der Waals surface area contributed by atoms with Crippen LogP contribution in [-0.2, 0) is 4.79 Å². The van der Waals surface area contributed by atoms with Crippen LogP contribution in [0.1, 0.15) is 51.7 Å². The van der Waals surface area contributed by atoms with Crippen molar-refractivity contribution in [1.82, 2.24) is 20.8 Å². The van der Waals surface area contributed by atoms with Crippen LogP contribution < -0.4 is 10.6 Å². The molecule has 0 spiro atoms. The Labute approximate surface area is 159 Å². The van der Waals surface area contributed by atoms with Gasteiger partial charge in [-0.05, 0) is 30.9 Å². The highest BCUT2D eigenvalue weighted by molar-refractivity contribution is 7.99. The number of amides is 1. The van der Waals surface area contributed by atoms with Crippen molar-refractivity contribution < 1.29 is 14.0 Å². The SMILES string of the molecule is CNCCSc1nnc(C(=O)C(CC(C)C)NC(=O)/C=C/C(C)(C)C)o1. The zero-order chi connectivity index (χ0) is 19.7. The number of allylic oxidation sites excluding steroid dienone is 1. The summed E-state index contributed by atoms with van der Waals surface area (Å²) in [5, 5.41) is 13.9. The van der Waals surface area contributed by atoms with Crippen LogP contribution in [0.2, 0.25) is 0 Å². The lowest BCUT2D eigenvalue weighted by atomic mass is 9.96. The Hall–Kier alpha value is -1.67. The van der Waals surface area contributed by atoms with Crippen molar-refractivity contribution in [2.75, 3.05) is 19.3 Å². The summed E-state index contributed by atoms with van der Waals surface area (Å²) in [5.41, 5.74) is -0.110. The van der Waals surface area contributed by atoms with Crippen LogP contribution in [0.25, 0.3) is 0 Å². The van der Waals surface area contributed by atoms with Gasteiger partial charge in [0.15, 0.2) is 0 Å². The lowest BCUT2D eigenvalue weighted by Gasteiger charge is -2.17. The molecule has 1 atom stereocenters. The quantitative estimate of drug-likeness (QED) is 0.278. The molecule has 0 radical (unpaired) electrons. The first-order valence-corrected chi connectivity index (χ1v) is 9.75. The molecule has 0 aliphatic rings. The molecule has 1 heterocycles. The summed E-state index contributed by atoms with van der Waals surface area (Å²) in [5.74, 6) is 0.257. The second kappa shape index (κ2) is 10.5. The zero-order valence-electron chi connectivity index (χ0n) is 16.5. The van der Waals surface area contributed by atoms with Crippen LogP contribution >= 0.6 is 11.8 Å². The van der Waals surface area contributed by atoms with E-state index in [-0.39, 0.29) is 28.9 Å². The average Bonchev–Trinajstić information content (AvgIpc) is 2.99. The van der Waals surface area contributed by atoms with Gasteiger partial charge in [-0.3, -0.25) is 9.59 Å². The second-order valence-corrected chi connectivity index (χ2v) is 8.63. The average molecular weight is 383 g/mol. The van der Waals surface area contributed by atoms with Gasteiger partial charge in [-0.1, -0.05) is 52.5 Å². The molecular weight excluding hydrogens is 352 g/mol. The third-order valence-corrected chi connectivity index (χ3v) is 4.09. The van der Waals surface area contributed by atoms with Gasteiger partial charge in [-0.2, -0.15) is 0 Å². The van der Waals surface area contributed by atoms with E-state index in [1.54, 1.807) is 0 Å². The summed E-state index contributed by atoms with van der Waals surface area (Å²) in [6.45, 7) is 10.8. The molecule has 1 amide bonds. The van der Waals surface area contributed by atoms with Crippen molar-refractivity contribution in [2.24, 2.45) is 11.3 Å². The third kappa shape index (κ3) is 8.62. The van der Waals surface area contributed by atoms with Crippen LogP contribution in [0.15, 0.2) is 21.8 Å². The Kier molecular flexibility index (Phi) is 9.01. The molecule has 1 aromatic rings. The molecule has 0 fully saturated rings. The molecule has 0 saturated carbocycles. The fourth-order valence-corrected chi connectivity index (χ4v) is 2.72. The smallest absolute Gasteiger partial charge is 0.286 e. The van der Waals surface area contributed by atoms with E-state index in [2.05, 4.69) is 20.8 Å². The highest BCUT2D eigenvalue weighted by Gasteiger charge is 2.27. The van der Waals surface area contributed by atoms with Crippen LogP contribution in [0.5, 0.6) is 0 Å². The minimum absolute atomic E-state index is 0.0669. The van der Waals surface area contributed by atoms with E-state index in [0.29, 0.717) is 11.6 Å². The molecule has 1 aromatic heterocycles. The number of nitrogens with one attached hydrogen (secondary N) is 2. The van der Waals surface area contributed by atoms with Crippen LogP contribution in [0, 0.1) is 11.3 Å². The van der Waals surface area contributed by atoms with E-state index in [1.165, 1.54) is 17.8 Å². The number of hydrogen-bond donors (Lipinski definition) is 2. The molecule has 0 saturated heterocycles. The maximum atomic E-state index is 12.7. The number of ketones is 1. The molecule has 8 heteroatoms. The fourth-order valence-electron chi connectivity index (χ4n) is 2.01. The monoisotopic (exact) mass is 382 g/mol. The summed E-state index contributed by atoms with van der Waals surface area (Å²) >= 11 is 1.38. The number of carbonyl (C=O) groups is 2. The fraction of sp³-hybridized carbons (Fsp3) is 0.667. The summed E-state index contributed by atoms with van der Waals surface area (Å²) in [7, 11) is 1.86. The number of thioether (sulfide) groups is 1. The summed E-state index contributed by atoms with van der Waals surface area (Å²) in [6, 6.07) is -0.692. The molecule has 7 nitrogen and oxygen atoms in total. The minimum Gasteiger partial charge on any atom is -0.408 e. The highest BCUT2D eigenvalue weighted by atomic mass is 32.2. The molecule has 26 heavy (non-hydrogen) atoms. The topological polar surface area (TPSA) is 97.1 Å². The number of carbonyl (C=O) groups excluding carboxylic acids is 2.